The van der Waals surface area contributed by atoms with Gasteiger partial charge in [-0.25, -0.2) is 4.79 Å². The fraction of sp³-hybridized carbons (Fsp3) is 0.846. The van der Waals surface area contributed by atoms with Gasteiger partial charge in [0.05, 0.1) is 21.1 Å². The van der Waals surface area contributed by atoms with Gasteiger partial charge in [-0.15, -0.1) is 0 Å². The molecule has 0 radical (unpaired) electrons. The van der Waals surface area contributed by atoms with Crippen molar-refractivity contribution < 1.29 is 19.2 Å². The Morgan fingerprint density at radius 1 is 1.17 bits per heavy atom. The van der Waals surface area contributed by atoms with E-state index in [1.165, 1.54) is 0 Å². The highest BCUT2D eigenvalue weighted by Crippen LogP contribution is 2.22. The molecule has 1 amide bonds. The van der Waals surface area contributed by atoms with Crippen LogP contribution in [-0.4, -0.2) is 48.3 Å². The van der Waals surface area contributed by atoms with Crippen molar-refractivity contribution in [3.63, 3.8) is 0 Å². The molecule has 106 valence electrons. The number of quaternary nitrogens is 1. The molecule has 0 saturated carbocycles. The number of hydrogen-bond donors (Lipinski definition) is 2. The predicted molar refractivity (Wildman–Crippen MR) is 71.0 cm³/mol. The summed E-state index contributed by atoms with van der Waals surface area (Å²) in [6, 6.07) is 0. The topological polar surface area (TPSA) is 66.4 Å². The second-order valence-electron chi connectivity index (χ2n) is 5.58. The Hall–Kier alpha value is -1.10. The van der Waals surface area contributed by atoms with Gasteiger partial charge in [-0.2, -0.15) is 0 Å². The summed E-state index contributed by atoms with van der Waals surface area (Å²) in [4.78, 5) is 23.5. The highest BCUT2D eigenvalue weighted by atomic mass is 16.4. The van der Waals surface area contributed by atoms with Crippen LogP contribution in [0.2, 0.25) is 0 Å². The van der Waals surface area contributed by atoms with Crippen molar-refractivity contribution in [1.82, 2.24) is 5.32 Å². The zero-order valence-electron chi connectivity index (χ0n) is 12.2. The molecule has 0 aromatic rings. The van der Waals surface area contributed by atoms with E-state index in [-0.39, 0.29) is 10.4 Å². The third-order valence-corrected chi connectivity index (χ3v) is 3.21. The number of unbranched alkanes of at least 4 members (excludes halogenated alkanes) is 1. The van der Waals surface area contributed by atoms with Crippen molar-refractivity contribution >= 4 is 11.9 Å². The first-order valence-electron chi connectivity index (χ1n) is 6.57. The van der Waals surface area contributed by atoms with Crippen LogP contribution in [0.15, 0.2) is 0 Å². The van der Waals surface area contributed by atoms with Crippen molar-refractivity contribution in [1.29, 1.82) is 0 Å². The minimum absolute atomic E-state index is 0.175. The number of carbonyl (C=O) groups excluding carboxylic acids is 1. The molecule has 0 saturated heterocycles. The Bertz CT molecular complexity index is 297. The van der Waals surface area contributed by atoms with Crippen LogP contribution in [-0.2, 0) is 9.59 Å². The normalized spacial score (nSPS) is 14.9. The van der Waals surface area contributed by atoms with Crippen LogP contribution in [0.4, 0.5) is 0 Å². The molecule has 0 rings (SSSR count). The minimum Gasteiger partial charge on any atom is -0.475 e. The molecule has 1 atom stereocenters. The van der Waals surface area contributed by atoms with E-state index in [4.69, 9.17) is 0 Å². The van der Waals surface area contributed by atoms with E-state index >= 15 is 0 Å². The van der Waals surface area contributed by atoms with Crippen molar-refractivity contribution in [2.45, 2.75) is 51.6 Å². The molecule has 0 spiro atoms. The van der Waals surface area contributed by atoms with Crippen LogP contribution in [0, 0.1) is 0 Å². The monoisotopic (exact) mass is 259 g/mol. The number of nitrogens with one attached hydrogen (secondary N) is 1. The van der Waals surface area contributed by atoms with Crippen LogP contribution in [0.3, 0.4) is 0 Å². The standard InChI is InChI=1S/C13H26N2O3/c1-6-8-9-11(16)14-13(10-7-2,12(17)18)15(3,4)5/h6-10H2,1-5H3,(H-,14,16,17,18)/p+1. The number of likely N-dealkylation sites (N-methyl/N-ethyl adjacent to an activating group) is 1. The van der Waals surface area contributed by atoms with E-state index in [9.17, 15) is 14.7 Å². The first-order valence-corrected chi connectivity index (χ1v) is 6.57. The Kier molecular flexibility index (Phi) is 6.32. The fourth-order valence-electron chi connectivity index (χ4n) is 2.01. The van der Waals surface area contributed by atoms with Crippen LogP contribution < -0.4 is 5.32 Å². The van der Waals surface area contributed by atoms with Gasteiger partial charge in [0.2, 0.25) is 5.91 Å². The number of carbonyl (C=O) groups is 2. The Labute approximate surface area is 110 Å². The molecule has 0 heterocycles. The Balaban J connectivity index is 5.08. The lowest BCUT2D eigenvalue weighted by molar-refractivity contribution is -0.917. The zero-order valence-corrected chi connectivity index (χ0v) is 12.2. The van der Waals surface area contributed by atoms with Gasteiger partial charge in [0.1, 0.15) is 0 Å². The quantitative estimate of drug-likeness (QED) is 0.514. The van der Waals surface area contributed by atoms with Gasteiger partial charge in [-0.1, -0.05) is 20.3 Å². The summed E-state index contributed by atoms with van der Waals surface area (Å²) >= 11 is 0. The summed E-state index contributed by atoms with van der Waals surface area (Å²) in [6.45, 7) is 3.93. The Morgan fingerprint density at radius 2 is 1.72 bits per heavy atom. The summed E-state index contributed by atoms with van der Waals surface area (Å²) in [5.41, 5.74) is -1.24. The van der Waals surface area contributed by atoms with Crippen molar-refractivity contribution in [2.75, 3.05) is 21.1 Å². The van der Waals surface area contributed by atoms with E-state index in [1.807, 2.05) is 13.8 Å². The SMILES string of the molecule is CCCCC(=O)NC(CCC)(C(=O)O)[N+](C)(C)C. The van der Waals surface area contributed by atoms with Gasteiger partial charge in [0, 0.05) is 12.8 Å². The van der Waals surface area contributed by atoms with Crippen LogP contribution in [0.5, 0.6) is 0 Å². The lowest BCUT2D eigenvalue weighted by Crippen LogP contribution is -2.71. The maximum absolute atomic E-state index is 11.9. The highest BCUT2D eigenvalue weighted by Gasteiger charge is 2.51. The number of carboxylic acids is 1. The van der Waals surface area contributed by atoms with E-state index < -0.39 is 11.6 Å². The third kappa shape index (κ3) is 3.98. The summed E-state index contributed by atoms with van der Waals surface area (Å²) in [7, 11) is 5.39. The fourth-order valence-corrected chi connectivity index (χ4v) is 2.01. The van der Waals surface area contributed by atoms with Gasteiger partial charge < -0.3 is 5.11 Å². The second kappa shape index (κ2) is 6.73. The molecule has 2 N–H and O–H groups in total. The van der Waals surface area contributed by atoms with Crippen LogP contribution in [0.1, 0.15) is 46.0 Å². The molecule has 0 aliphatic carbocycles. The highest BCUT2D eigenvalue weighted by molar-refractivity contribution is 5.85. The van der Waals surface area contributed by atoms with E-state index in [0.29, 0.717) is 19.3 Å². The molecular formula is C13H27N2O3+. The smallest absolute Gasteiger partial charge is 0.388 e. The molecule has 0 aliphatic heterocycles. The lowest BCUT2D eigenvalue weighted by atomic mass is 10.00. The molecule has 5 heteroatoms. The molecule has 0 aliphatic rings. The number of nitrogens with zero attached hydrogens (tertiary/aromatic N) is 1. The first-order chi connectivity index (χ1) is 8.21. The first kappa shape index (κ1) is 16.9. The molecule has 0 bridgehead atoms. The maximum atomic E-state index is 11.9. The predicted octanol–water partition coefficient (Wildman–Crippen LogP) is 1.58. The van der Waals surface area contributed by atoms with Crippen LogP contribution >= 0.6 is 0 Å². The average molecular weight is 259 g/mol. The third-order valence-electron chi connectivity index (χ3n) is 3.21. The minimum atomic E-state index is -1.24. The van der Waals surface area contributed by atoms with Gasteiger partial charge in [-0.05, 0) is 12.8 Å². The van der Waals surface area contributed by atoms with Crippen LogP contribution in [0.25, 0.3) is 0 Å². The number of hydrogen-bond acceptors (Lipinski definition) is 2. The van der Waals surface area contributed by atoms with E-state index in [2.05, 4.69) is 5.32 Å². The molecule has 0 aromatic carbocycles. The second-order valence-corrected chi connectivity index (χ2v) is 5.58. The maximum Gasteiger partial charge on any atom is 0.388 e. The molecule has 0 aromatic heterocycles. The van der Waals surface area contributed by atoms with Gasteiger partial charge in [0.25, 0.3) is 5.66 Å². The van der Waals surface area contributed by atoms with E-state index in [1.54, 1.807) is 21.1 Å². The average Bonchev–Trinajstić information content (AvgIpc) is 2.23. The number of aliphatic carboxylic acids is 1. The summed E-state index contributed by atoms with van der Waals surface area (Å²) in [6.07, 6.45) is 3.21. The lowest BCUT2D eigenvalue weighted by Gasteiger charge is -2.43. The van der Waals surface area contributed by atoms with Gasteiger partial charge >= 0.3 is 5.97 Å². The molecule has 1 unspecified atom stereocenters. The number of amides is 1. The molecular weight excluding hydrogens is 232 g/mol. The van der Waals surface area contributed by atoms with Crippen molar-refractivity contribution in [3.05, 3.63) is 0 Å². The number of carboxylic acid groups (broad SMARTS) is 1. The summed E-state index contributed by atoms with van der Waals surface area (Å²) in [5, 5.41) is 12.3. The molecule has 0 fully saturated rings. The number of rotatable bonds is 8. The summed E-state index contributed by atoms with van der Waals surface area (Å²) in [5.74, 6) is -1.15. The zero-order chi connectivity index (χ0) is 14.4. The van der Waals surface area contributed by atoms with E-state index in [0.717, 1.165) is 12.8 Å². The molecule has 18 heavy (non-hydrogen) atoms. The Morgan fingerprint density at radius 3 is 2.06 bits per heavy atom. The summed E-state index contributed by atoms with van der Waals surface area (Å²) < 4.78 is 0.175. The molecule has 5 nitrogen and oxygen atoms in total. The van der Waals surface area contributed by atoms with Gasteiger partial charge in [-0.3, -0.25) is 14.6 Å². The van der Waals surface area contributed by atoms with Crippen molar-refractivity contribution in [2.24, 2.45) is 0 Å². The van der Waals surface area contributed by atoms with Gasteiger partial charge in [0.15, 0.2) is 0 Å². The largest absolute Gasteiger partial charge is 0.475 e. The van der Waals surface area contributed by atoms with Crippen molar-refractivity contribution in [3.8, 4) is 0 Å².